The Kier molecular flexibility index (Phi) is 5.82. The van der Waals surface area contributed by atoms with Crippen LogP contribution in [0.2, 0.25) is 18.1 Å². The smallest absolute Gasteiger partial charge is 0.417 e. The van der Waals surface area contributed by atoms with Gasteiger partial charge in [0.25, 0.3) is 5.91 Å². The highest BCUT2D eigenvalue weighted by molar-refractivity contribution is 6.73. The van der Waals surface area contributed by atoms with E-state index in [-0.39, 0.29) is 18.6 Å². The van der Waals surface area contributed by atoms with Crippen molar-refractivity contribution in [3.63, 3.8) is 0 Å². The lowest BCUT2D eigenvalue weighted by atomic mass is 9.94. The highest BCUT2D eigenvalue weighted by Gasteiger charge is 2.59. The van der Waals surface area contributed by atoms with Crippen LogP contribution in [-0.2, 0) is 20.6 Å². The van der Waals surface area contributed by atoms with Gasteiger partial charge in [0, 0.05) is 0 Å². The summed E-state index contributed by atoms with van der Waals surface area (Å²) in [5, 5.41) is 0. The number of amides is 2. The summed E-state index contributed by atoms with van der Waals surface area (Å²) in [6, 6.07) is 12.4. The maximum absolute atomic E-state index is 12.7. The summed E-state index contributed by atoms with van der Waals surface area (Å²) < 4.78 is 11.8. The molecule has 1 aromatic rings. The van der Waals surface area contributed by atoms with Gasteiger partial charge in [0.1, 0.15) is 12.7 Å². The maximum atomic E-state index is 12.7. The zero-order chi connectivity index (χ0) is 18.7. The topological polar surface area (TPSA) is 55.8 Å². The third-order valence-corrected chi connectivity index (χ3v) is 10.5. The molecule has 2 aliphatic rings. The number of hydrogen-bond acceptors (Lipinski definition) is 4. The number of benzene rings is 1. The predicted octanol–water partition coefficient (Wildman–Crippen LogP) is 4.33. The molecule has 5 nitrogen and oxygen atoms in total. The predicted molar refractivity (Wildman–Crippen MR) is 102 cm³/mol. The summed E-state index contributed by atoms with van der Waals surface area (Å²) >= 11 is 0. The number of carbonyl (C=O) groups is 2. The zero-order valence-electron chi connectivity index (χ0n) is 15.9. The number of carbonyl (C=O) groups excluding carboxylic acids is 2. The van der Waals surface area contributed by atoms with Crippen LogP contribution in [-0.4, -0.2) is 37.4 Å². The van der Waals surface area contributed by atoms with Crippen molar-refractivity contribution in [3.05, 3.63) is 35.9 Å². The molecule has 1 saturated heterocycles. The summed E-state index contributed by atoms with van der Waals surface area (Å²) in [5.74, 6) is 0.159. The molecule has 1 saturated carbocycles. The molecule has 3 rings (SSSR count). The molecular formula is C20H29NO4Si. The Labute approximate surface area is 156 Å². The van der Waals surface area contributed by atoms with Crippen LogP contribution in [0, 0.1) is 5.92 Å². The number of imide groups is 1. The van der Waals surface area contributed by atoms with E-state index >= 15 is 0 Å². The molecule has 1 aliphatic carbocycles. The molecule has 6 heteroatoms. The van der Waals surface area contributed by atoms with E-state index in [0.717, 1.165) is 36.5 Å². The number of likely N-dealkylation sites (tertiary alicyclic amines) is 1. The van der Waals surface area contributed by atoms with E-state index in [1.165, 1.54) is 4.90 Å². The third-order valence-electron chi connectivity index (χ3n) is 5.91. The van der Waals surface area contributed by atoms with Crippen molar-refractivity contribution in [2.75, 3.05) is 0 Å². The Balaban J connectivity index is 1.65. The van der Waals surface area contributed by atoms with Crippen molar-refractivity contribution in [2.24, 2.45) is 5.92 Å². The van der Waals surface area contributed by atoms with Crippen LogP contribution in [0.3, 0.4) is 0 Å². The molecule has 1 aromatic carbocycles. The minimum atomic E-state index is -1.89. The molecule has 1 heterocycles. The average molecular weight is 376 g/mol. The Morgan fingerprint density at radius 2 is 1.73 bits per heavy atom. The summed E-state index contributed by atoms with van der Waals surface area (Å²) in [4.78, 5) is 26.5. The monoisotopic (exact) mass is 375 g/mol. The van der Waals surface area contributed by atoms with Gasteiger partial charge in [-0.2, -0.15) is 0 Å². The second-order valence-corrected chi connectivity index (χ2v) is 12.1. The standard InChI is InChI=1S/C20H29NO4Si/c1-4-26(5-2,6-3)25-18-17(16-12-13-16)21(19(18)22)20(23)24-14-15-10-8-7-9-11-15/h7-11,16-18H,4-6,12-14H2,1-3H3. The number of nitrogens with zero attached hydrogens (tertiary/aromatic N) is 1. The Hall–Kier alpha value is -1.66. The minimum Gasteiger partial charge on any atom is -0.444 e. The quantitative estimate of drug-likeness (QED) is 0.501. The van der Waals surface area contributed by atoms with Gasteiger partial charge in [-0.1, -0.05) is 51.1 Å². The molecule has 2 amide bonds. The highest BCUT2D eigenvalue weighted by atomic mass is 28.4. The normalized spacial score (nSPS) is 22.9. The first-order valence-electron chi connectivity index (χ1n) is 9.76. The van der Waals surface area contributed by atoms with Gasteiger partial charge in [-0.3, -0.25) is 4.79 Å². The van der Waals surface area contributed by atoms with Crippen LogP contribution in [0.5, 0.6) is 0 Å². The summed E-state index contributed by atoms with van der Waals surface area (Å²) in [7, 11) is -1.89. The molecule has 2 atom stereocenters. The molecule has 0 spiro atoms. The molecule has 2 fully saturated rings. The van der Waals surface area contributed by atoms with Crippen LogP contribution in [0.1, 0.15) is 39.2 Å². The molecule has 0 radical (unpaired) electrons. The summed E-state index contributed by atoms with van der Waals surface area (Å²) in [6.45, 7) is 6.64. The lowest BCUT2D eigenvalue weighted by Crippen LogP contribution is -2.70. The van der Waals surface area contributed by atoms with Gasteiger partial charge in [0.05, 0.1) is 6.04 Å². The molecule has 1 aliphatic heterocycles. The van der Waals surface area contributed by atoms with Crippen LogP contribution >= 0.6 is 0 Å². The molecule has 0 bridgehead atoms. The number of rotatable bonds is 8. The lowest BCUT2D eigenvalue weighted by molar-refractivity contribution is -0.162. The SMILES string of the molecule is CC[Si](CC)(CC)OC1C(=O)N(C(=O)OCc2ccccc2)C1C1CC1. The van der Waals surface area contributed by atoms with Gasteiger partial charge in [0.15, 0.2) is 8.32 Å². The van der Waals surface area contributed by atoms with E-state index < -0.39 is 20.5 Å². The number of hydrogen-bond donors (Lipinski definition) is 0. The van der Waals surface area contributed by atoms with Gasteiger partial charge in [-0.25, -0.2) is 9.69 Å². The minimum absolute atomic E-state index is 0.137. The number of β-lactam (4-membered cyclic amide) rings is 1. The second-order valence-electron chi connectivity index (χ2n) is 7.36. The fraction of sp³-hybridized carbons (Fsp3) is 0.600. The van der Waals surface area contributed by atoms with Gasteiger partial charge in [-0.05, 0) is 42.5 Å². The maximum Gasteiger partial charge on any atom is 0.417 e. The van der Waals surface area contributed by atoms with Gasteiger partial charge < -0.3 is 9.16 Å². The van der Waals surface area contributed by atoms with Crippen LogP contribution in [0.4, 0.5) is 4.79 Å². The van der Waals surface area contributed by atoms with Crippen molar-refractivity contribution in [2.45, 2.75) is 70.5 Å². The first kappa shape index (κ1) is 19.1. The van der Waals surface area contributed by atoms with Crippen LogP contribution in [0.15, 0.2) is 30.3 Å². The Bertz CT molecular complexity index is 634. The van der Waals surface area contributed by atoms with Crippen LogP contribution in [0.25, 0.3) is 0 Å². The first-order valence-corrected chi connectivity index (χ1v) is 12.3. The van der Waals surface area contributed by atoms with Crippen molar-refractivity contribution in [1.29, 1.82) is 0 Å². The second kappa shape index (κ2) is 7.92. The van der Waals surface area contributed by atoms with E-state index in [9.17, 15) is 9.59 Å². The van der Waals surface area contributed by atoms with E-state index in [2.05, 4.69) is 20.8 Å². The molecular weight excluding hydrogens is 346 g/mol. The van der Waals surface area contributed by atoms with Crippen molar-refractivity contribution in [3.8, 4) is 0 Å². The van der Waals surface area contributed by atoms with Gasteiger partial charge in [-0.15, -0.1) is 0 Å². The van der Waals surface area contributed by atoms with Crippen molar-refractivity contribution in [1.82, 2.24) is 4.90 Å². The fourth-order valence-corrected chi connectivity index (χ4v) is 6.55. The largest absolute Gasteiger partial charge is 0.444 e. The summed E-state index contributed by atoms with van der Waals surface area (Å²) in [5.41, 5.74) is 0.916. The Morgan fingerprint density at radius 3 is 2.27 bits per heavy atom. The molecule has 26 heavy (non-hydrogen) atoms. The lowest BCUT2D eigenvalue weighted by Gasteiger charge is -2.48. The molecule has 2 unspecified atom stereocenters. The molecule has 0 N–H and O–H groups in total. The molecule has 0 aromatic heterocycles. The summed E-state index contributed by atoms with van der Waals surface area (Å²) in [6.07, 6.45) is 1.13. The Morgan fingerprint density at radius 1 is 1.12 bits per heavy atom. The van der Waals surface area contributed by atoms with E-state index in [1.54, 1.807) is 0 Å². The van der Waals surface area contributed by atoms with E-state index in [1.807, 2.05) is 30.3 Å². The van der Waals surface area contributed by atoms with Crippen molar-refractivity contribution >= 4 is 20.3 Å². The van der Waals surface area contributed by atoms with E-state index in [4.69, 9.17) is 9.16 Å². The fourth-order valence-electron chi connectivity index (χ4n) is 3.77. The van der Waals surface area contributed by atoms with Gasteiger partial charge >= 0.3 is 6.09 Å². The van der Waals surface area contributed by atoms with Crippen LogP contribution < -0.4 is 0 Å². The van der Waals surface area contributed by atoms with Gasteiger partial charge in [0.2, 0.25) is 0 Å². The zero-order valence-corrected chi connectivity index (χ0v) is 16.9. The average Bonchev–Trinajstić information content (AvgIpc) is 3.51. The van der Waals surface area contributed by atoms with E-state index in [0.29, 0.717) is 5.92 Å². The van der Waals surface area contributed by atoms with Crippen molar-refractivity contribution < 1.29 is 18.8 Å². The third kappa shape index (κ3) is 3.71. The number of ether oxygens (including phenoxy) is 1. The molecule has 142 valence electrons. The highest BCUT2D eigenvalue weighted by Crippen LogP contribution is 2.44. The first-order chi connectivity index (χ1) is 12.5.